The molecule has 0 radical (unpaired) electrons. The Morgan fingerprint density at radius 1 is 0.680 bits per heavy atom. The Morgan fingerprint density at radius 3 is 1.51 bits per heavy atom. The van der Waals surface area contributed by atoms with Crippen molar-refractivity contribution in [2.75, 3.05) is 36.8 Å². The average molecular weight is 1120 g/mol. The van der Waals surface area contributed by atoms with E-state index in [4.69, 9.17) is 27.9 Å². The summed E-state index contributed by atoms with van der Waals surface area (Å²) in [4.78, 5) is 64.6. The molecule has 2 fully saturated rings. The van der Waals surface area contributed by atoms with Crippen LogP contribution in [0, 0.1) is 11.8 Å². The van der Waals surface area contributed by atoms with Gasteiger partial charge < -0.3 is 25.6 Å². The summed E-state index contributed by atoms with van der Waals surface area (Å²) < 4.78 is 60.9. The molecule has 2 aliphatic rings. The standard InChI is InChI=1S/C28H41ClN6O5S.C23H33ClN6O3S/c1-26(2,3)24-31-16-19(22(29)33-24)23(36)34-41(38,39)21-13-9-12-20(32-21)30-14-10-11-18-15-28(7,8)35(17-18)25(37)40-27(4,5)6;1-22(2,3)21-26-14-16(19(24)29-21)20(31)30-34(32,33)18-10-6-9-17(28-18)25-11-7-8-15-12-23(4,5)27-13-15/h9,12-13,16,18H,10-11,14-15,17H2,1-8H3,(H,30,32)(H,34,36);6,9-10,14-15,27H,7-8,11-13H2,1-5H3,(H,25,28)(H,30,31)/t18-;15-/m00/s1. The van der Waals surface area contributed by atoms with Gasteiger partial charge in [0.2, 0.25) is 0 Å². The van der Waals surface area contributed by atoms with Crippen LogP contribution in [-0.2, 0) is 35.6 Å². The quantitative estimate of drug-likeness (QED) is 0.0518. The monoisotopic (exact) mass is 1120 g/mol. The van der Waals surface area contributed by atoms with Crippen molar-refractivity contribution >= 4 is 72.8 Å². The highest BCUT2D eigenvalue weighted by atomic mass is 35.5. The molecule has 6 rings (SSSR count). The van der Waals surface area contributed by atoms with E-state index >= 15 is 0 Å². The lowest BCUT2D eigenvalue weighted by atomic mass is 9.93. The molecule has 2 saturated heterocycles. The van der Waals surface area contributed by atoms with Crippen LogP contribution < -0.4 is 25.4 Å². The number of aromatic nitrogens is 6. The predicted molar refractivity (Wildman–Crippen MR) is 290 cm³/mol. The zero-order valence-electron chi connectivity index (χ0n) is 45.3. The fourth-order valence-electron chi connectivity index (χ4n) is 8.46. The van der Waals surface area contributed by atoms with E-state index in [1.54, 1.807) is 29.2 Å². The Labute approximate surface area is 452 Å². The number of carbonyl (C=O) groups excluding carboxylic acids is 3. The van der Waals surface area contributed by atoms with Gasteiger partial charge in [-0.2, -0.15) is 16.8 Å². The van der Waals surface area contributed by atoms with Crippen LogP contribution in [0.5, 0.6) is 0 Å². The van der Waals surface area contributed by atoms with Crippen LogP contribution in [0.2, 0.25) is 10.3 Å². The summed E-state index contributed by atoms with van der Waals surface area (Å²) in [6, 6.07) is 9.09. The zero-order chi connectivity index (χ0) is 56.0. The van der Waals surface area contributed by atoms with Crippen molar-refractivity contribution in [3.05, 3.63) is 81.9 Å². The number of nitrogens with one attached hydrogen (secondary N) is 5. The van der Waals surface area contributed by atoms with Gasteiger partial charge in [-0.25, -0.2) is 44.1 Å². The van der Waals surface area contributed by atoms with Gasteiger partial charge in [0, 0.05) is 53.9 Å². The lowest BCUT2D eigenvalue weighted by Gasteiger charge is -2.33. The third-order valence-electron chi connectivity index (χ3n) is 12.2. The van der Waals surface area contributed by atoms with Crippen LogP contribution in [0.4, 0.5) is 16.4 Å². The number of ether oxygens (including phenoxy) is 1. The molecule has 3 amide bonds. The molecule has 0 bridgehead atoms. The number of amides is 3. The second-order valence-electron chi connectivity index (χ2n) is 23.3. The van der Waals surface area contributed by atoms with Crippen molar-refractivity contribution in [3.8, 4) is 0 Å². The Kier molecular flexibility index (Phi) is 19.3. The Hall–Kier alpha value is -5.29. The van der Waals surface area contributed by atoms with E-state index in [1.165, 1.54) is 24.5 Å². The minimum Gasteiger partial charge on any atom is -0.444 e. The second kappa shape index (κ2) is 23.9. The topological polar surface area (TPSA) is 269 Å². The molecule has 20 nitrogen and oxygen atoms in total. The van der Waals surface area contributed by atoms with Crippen molar-refractivity contribution in [2.24, 2.45) is 11.8 Å². The van der Waals surface area contributed by atoms with E-state index in [2.05, 4.69) is 59.7 Å². The van der Waals surface area contributed by atoms with Crippen LogP contribution in [-0.4, -0.2) is 112 Å². The first-order valence-electron chi connectivity index (χ1n) is 24.9. The SMILES string of the molecule is CC(C)(C)OC(=O)N1C[C@@H](CCCNc2cccc(S(=O)(=O)NC(=O)c3cnc(C(C)(C)C)nc3Cl)n2)CC1(C)C.CC1(C)C[C@H](CCCNc2cccc(S(=O)(=O)NC(=O)c3cnc(C(C)(C)C)nc3Cl)n2)CN1. The highest BCUT2D eigenvalue weighted by molar-refractivity contribution is 7.90. The lowest BCUT2D eigenvalue weighted by Crippen LogP contribution is -2.45. The molecule has 412 valence electrons. The summed E-state index contributed by atoms with van der Waals surface area (Å²) >= 11 is 12.3. The van der Waals surface area contributed by atoms with Crippen LogP contribution in [0.25, 0.3) is 0 Å². The summed E-state index contributed by atoms with van der Waals surface area (Å²) in [5.74, 6) is 0.760. The summed E-state index contributed by atoms with van der Waals surface area (Å²) in [7, 11) is -8.50. The number of anilines is 2. The number of halogens is 2. The number of hydrogen-bond acceptors (Lipinski definition) is 17. The van der Waals surface area contributed by atoms with E-state index in [9.17, 15) is 31.2 Å². The van der Waals surface area contributed by atoms with Crippen LogP contribution in [0.15, 0.2) is 58.8 Å². The molecule has 4 aromatic rings. The fraction of sp³-hybridized carbons (Fsp3) is 0.588. The fourth-order valence-corrected chi connectivity index (χ4v) is 10.8. The first-order valence-corrected chi connectivity index (χ1v) is 28.7. The number of likely N-dealkylation sites (tertiary alicyclic amines) is 1. The molecular weight excluding hydrogens is 1040 g/mol. The molecular formula is C51H74Cl2N12O8S2. The van der Waals surface area contributed by atoms with Crippen molar-refractivity contribution in [1.29, 1.82) is 0 Å². The highest BCUT2D eigenvalue weighted by Gasteiger charge is 2.42. The maximum absolute atomic E-state index is 12.9. The molecule has 75 heavy (non-hydrogen) atoms. The molecule has 2 atom stereocenters. The molecule has 0 spiro atoms. The lowest BCUT2D eigenvalue weighted by molar-refractivity contribution is 0.0130. The number of pyridine rings is 2. The van der Waals surface area contributed by atoms with Gasteiger partial charge in [-0.15, -0.1) is 0 Å². The van der Waals surface area contributed by atoms with Crippen molar-refractivity contribution in [3.63, 3.8) is 0 Å². The van der Waals surface area contributed by atoms with Crippen LogP contribution in [0.1, 0.15) is 161 Å². The van der Waals surface area contributed by atoms with E-state index < -0.39 is 42.9 Å². The molecule has 0 aromatic carbocycles. The number of rotatable bonds is 16. The van der Waals surface area contributed by atoms with Gasteiger partial charge >= 0.3 is 6.09 Å². The molecule has 24 heteroatoms. The van der Waals surface area contributed by atoms with Gasteiger partial charge in [0.25, 0.3) is 31.9 Å². The maximum atomic E-state index is 12.9. The van der Waals surface area contributed by atoms with Crippen LogP contribution >= 0.6 is 23.2 Å². The normalized spacial score (nSPS) is 17.6. The minimum absolute atomic E-state index is 0.114. The van der Waals surface area contributed by atoms with Gasteiger partial charge in [0.15, 0.2) is 10.1 Å². The Bertz CT molecular complexity index is 2920. The van der Waals surface area contributed by atoms with E-state index in [0.29, 0.717) is 54.8 Å². The zero-order valence-corrected chi connectivity index (χ0v) is 48.5. The summed E-state index contributed by atoms with van der Waals surface area (Å²) in [5, 5.41) is 9.00. The first kappa shape index (κ1) is 60.6. The molecule has 4 aromatic heterocycles. The number of hydrogen-bond donors (Lipinski definition) is 5. The molecule has 5 N–H and O–H groups in total. The molecule has 0 saturated carbocycles. The molecule has 2 aliphatic heterocycles. The van der Waals surface area contributed by atoms with Gasteiger partial charge in [-0.3, -0.25) is 9.59 Å². The largest absolute Gasteiger partial charge is 0.444 e. The molecule has 6 heterocycles. The van der Waals surface area contributed by atoms with Gasteiger partial charge in [0.1, 0.15) is 39.2 Å². The smallest absolute Gasteiger partial charge is 0.410 e. The first-order chi connectivity index (χ1) is 34.5. The second-order valence-corrected chi connectivity index (χ2v) is 27.3. The minimum atomic E-state index is -4.28. The van der Waals surface area contributed by atoms with E-state index in [0.717, 1.165) is 45.1 Å². The highest BCUT2D eigenvalue weighted by Crippen LogP contribution is 2.36. The van der Waals surface area contributed by atoms with Gasteiger partial charge in [0.05, 0.1) is 11.1 Å². The summed E-state index contributed by atoms with van der Waals surface area (Å²) in [5.41, 5.74) is -1.69. The Morgan fingerprint density at radius 2 is 1.12 bits per heavy atom. The third-order valence-corrected chi connectivity index (χ3v) is 15.2. The van der Waals surface area contributed by atoms with Crippen molar-refractivity contribution in [2.45, 2.75) is 166 Å². The number of carbonyl (C=O) groups is 3. The Balaban J connectivity index is 0.000000282. The van der Waals surface area contributed by atoms with Crippen molar-refractivity contribution < 1.29 is 36.0 Å². The number of sulfonamides is 2. The maximum Gasteiger partial charge on any atom is 0.410 e. The molecule has 0 unspecified atom stereocenters. The molecule has 0 aliphatic carbocycles. The van der Waals surface area contributed by atoms with Crippen LogP contribution in [0.3, 0.4) is 0 Å². The third kappa shape index (κ3) is 17.6. The number of nitrogens with zero attached hydrogens (tertiary/aromatic N) is 7. The average Bonchev–Trinajstić information content (AvgIpc) is 3.81. The summed E-state index contributed by atoms with van der Waals surface area (Å²) in [6.07, 6.45) is 7.85. The van der Waals surface area contributed by atoms with Crippen molar-refractivity contribution in [1.82, 2.24) is 49.6 Å². The van der Waals surface area contributed by atoms with Gasteiger partial charge in [-0.05, 0) is 130 Å². The van der Waals surface area contributed by atoms with E-state index in [-0.39, 0.29) is 54.1 Å². The predicted octanol–water partition coefficient (Wildman–Crippen LogP) is 8.69. The summed E-state index contributed by atoms with van der Waals surface area (Å²) in [6.45, 7) is 28.4. The van der Waals surface area contributed by atoms with E-state index in [1.807, 2.05) is 85.6 Å². The van der Waals surface area contributed by atoms with Gasteiger partial charge in [-0.1, -0.05) is 76.9 Å².